The molecule has 0 spiro atoms. The van der Waals surface area contributed by atoms with Crippen LogP contribution in [0.15, 0.2) is 47.5 Å². The van der Waals surface area contributed by atoms with E-state index in [4.69, 9.17) is 21.8 Å². The Hall–Kier alpha value is -0.827. The first kappa shape index (κ1) is 22.5. The van der Waals surface area contributed by atoms with E-state index in [-0.39, 0.29) is 11.2 Å². The normalized spacial score (nSPS) is 14.3. The second kappa shape index (κ2) is 10.6. The van der Waals surface area contributed by atoms with Crippen LogP contribution in [0, 0.1) is 0 Å². The number of nitrogens with zero attached hydrogens (tertiary/aromatic N) is 1. The van der Waals surface area contributed by atoms with Gasteiger partial charge in [-0.2, -0.15) is 0 Å². The van der Waals surface area contributed by atoms with Crippen LogP contribution in [0.2, 0.25) is 0 Å². The molecule has 1 aliphatic carbocycles. The van der Waals surface area contributed by atoms with E-state index >= 15 is 0 Å². The Morgan fingerprint density at radius 1 is 1.19 bits per heavy atom. The zero-order valence-corrected chi connectivity index (χ0v) is 19.8. The average molecular weight is 486 g/mol. The van der Waals surface area contributed by atoms with E-state index in [0.717, 1.165) is 35.3 Å². The van der Waals surface area contributed by atoms with Crippen molar-refractivity contribution in [1.82, 2.24) is 0 Å². The van der Waals surface area contributed by atoms with Gasteiger partial charge in [-0.25, -0.2) is 0 Å². The first-order chi connectivity index (χ1) is 12.9. The maximum atomic E-state index is 10.9. The van der Waals surface area contributed by atoms with Crippen LogP contribution in [-0.2, 0) is 26.3 Å². The van der Waals surface area contributed by atoms with E-state index in [9.17, 15) is 5.11 Å². The minimum atomic E-state index is -0.826. The summed E-state index contributed by atoms with van der Waals surface area (Å²) >= 11 is -0.826. The summed E-state index contributed by atoms with van der Waals surface area (Å²) in [4.78, 5) is 4.59. The van der Waals surface area contributed by atoms with Crippen molar-refractivity contribution in [2.24, 2.45) is 4.99 Å². The molecule has 0 amide bonds. The molecule has 3 nitrogen and oxygen atoms in total. The number of benzene rings is 2. The molecule has 2 aromatic rings. The van der Waals surface area contributed by atoms with Gasteiger partial charge < -0.3 is 9.84 Å². The number of phenolic OH excluding ortho intramolecular Hbond substituents is 1. The van der Waals surface area contributed by atoms with Crippen molar-refractivity contribution in [2.45, 2.75) is 44.6 Å². The molecule has 1 fully saturated rings. The van der Waals surface area contributed by atoms with Crippen molar-refractivity contribution in [1.29, 1.82) is 0 Å². The number of hydrogen-bond acceptors (Lipinski definition) is 3. The van der Waals surface area contributed by atoms with Gasteiger partial charge in [0.1, 0.15) is 11.5 Å². The number of hydrogen-bond donors (Lipinski definition) is 1. The molecule has 0 aliphatic heterocycles. The summed E-state index contributed by atoms with van der Waals surface area (Å²) in [5, 5.41) is 10.9. The predicted molar refractivity (Wildman–Crippen MR) is 110 cm³/mol. The number of phenols is 1. The van der Waals surface area contributed by atoms with Crippen LogP contribution >= 0.6 is 17.0 Å². The molecule has 0 unspecified atom stereocenters. The third-order valence-electron chi connectivity index (χ3n) is 5.02. The van der Waals surface area contributed by atoms with Crippen molar-refractivity contribution in [3.63, 3.8) is 0 Å². The topological polar surface area (TPSA) is 41.8 Å². The monoisotopic (exact) mass is 483 g/mol. The molecule has 0 bridgehead atoms. The average Bonchev–Trinajstić information content (AvgIpc) is 2.63. The van der Waals surface area contributed by atoms with Crippen LogP contribution in [-0.4, -0.2) is 24.5 Å². The third-order valence-corrected chi connectivity index (χ3v) is 5.02. The van der Waals surface area contributed by atoms with Gasteiger partial charge in [0.2, 0.25) is 0 Å². The molecule has 1 aliphatic rings. The van der Waals surface area contributed by atoms with Crippen molar-refractivity contribution in [3.05, 3.63) is 59.2 Å². The van der Waals surface area contributed by atoms with Gasteiger partial charge in [0, 0.05) is 28.8 Å². The van der Waals surface area contributed by atoms with E-state index in [2.05, 4.69) is 31.0 Å². The summed E-state index contributed by atoms with van der Waals surface area (Å²) in [6.45, 7) is 4.23. The van der Waals surface area contributed by atoms with Gasteiger partial charge in [0.15, 0.2) is 0 Å². The first-order valence-corrected chi connectivity index (χ1v) is 15.2. The van der Waals surface area contributed by atoms with Crippen LogP contribution in [0.1, 0.15) is 49.8 Å². The van der Waals surface area contributed by atoms with E-state index in [1.54, 1.807) is 13.3 Å². The summed E-state index contributed by atoms with van der Waals surface area (Å²) in [6, 6.07) is 14.4. The Morgan fingerprint density at radius 3 is 2.33 bits per heavy atom. The van der Waals surface area contributed by atoms with Gasteiger partial charge in [-0.1, -0.05) is 44.2 Å². The van der Waals surface area contributed by atoms with E-state index < -0.39 is 20.8 Å². The standard InChI is InChI=1S/C21H25NO2.2ClH.Zr/c1-21(2,16-8-5-4-6-9-16)19-13-18(24-3)12-15(20(19)23)14-22-17-10-7-11-17;;;/h4-6,8-9,12-14,17,23H,7,10-11H2,1-3H3;2*1H;/q;;;+2/p-2. The van der Waals surface area contributed by atoms with Gasteiger partial charge in [-0.05, 0) is 37.0 Å². The number of ether oxygens (including phenoxy) is 1. The summed E-state index contributed by atoms with van der Waals surface area (Å²) in [5.74, 6) is 1.02. The quantitative estimate of drug-likeness (QED) is 0.522. The summed E-state index contributed by atoms with van der Waals surface area (Å²) in [7, 11) is 11.5. The molecule has 0 saturated heterocycles. The van der Waals surface area contributed by atoms with Gasteiger partial charge in [0.05, 0.1) is 7.11 Å². The van der Waals surface area contributed by atoms with E-state index in [1.165, 1.54) is 6.42 Å². The van der Waals surface area contributed by atoms with Crippen molar-refractivity contribution in [2.75, 3.05) is 7.11 Å². The van der Waals surface area contributed by atoms with Crippen LogP contribution in [0.3, 0.4) is 0 Å². The van der Waals surface area contributed by atoms with Crippen LogP contribution in [0.25, 0.3) is 0 Å². The molecule has 1 saturated carbocycles. The molecule has 0 heterocycles. The zero-order chi connectivity index (χ0) is 19.9. The molecule has 0 radical (unpaired) electrons. The fourth-order valence-corrected chi connectivity index (χ4v) is 3.05. The molecule has 2 aromatic carbocycles. The van der Waals surface area contributed by atoms with E-state index in [1.807, 2.05) is 30.3 Å². The Morgan fingerprint density at radius 2 is 1.81 bits per heavy atom. The fraction of sp³-hybridized carbons (Fsp3) is 0.381. The van der Waals surface area contributed by atoms with Gasteiger partial charge >= 0.3 is 37.9 Å². The SMILES string of the molecule is COc1cc(C=NC2CCC2)c(O)c(C(C)(C)c2ccccc2)c1.[Cl][Zr][Cl]. The molecule has 3 rings (SSSR count). The molecular formula is C21H25Cl2NO2Zr. The third kappa shape index (κ3) is 5.83. The number of rotatable bonds is 5. The summed E-state index contributed by atoms with van der Waals surface area (Å²) < 4.78 is 5.46. The van der Waals surface area contributed by atoms with Crippen molar-refractivity contribution < 1.29 is 30.7 Å². The van der Waals surface area contributed by atoms with Gasteiger partial charge in [-0.3, -0.25) is 4.99 Å². The van der Waals surface area contributed by atoms with Gasteiger partial charge in [-0.15, -0.1) is 0 Å². The van der Waals surface area contributed by atoms with Crippen LogP contribution in [0.5, 0.6) is 11.5 Å². The van der Waals surface area contributed by atoms with Crippen molar-refractivity contribution in [3.8, 4) is 11.5 Å². The second-order valence-corrected chi connectivity index (χ2v) is 10.8. The second-order valence-electron chi connectivity index (χ2n) is 7.04. The molecule has 0 atom stereocenters. The Kier molecular flexibility index (Phi) is 8.86. The summed E-state index contributed by atoms with van der Waals surface area (Å²) in [5.41, 5.74) is 2.39. The summed E-state index contributed by atoms with van der Waals surface area (Å²) in [6.07, 6.45) is 5.33. The molecular weight excluding hydrogens is 460 g/mol. The number of halogens is 2. The number of aliphatic imine (C=N–C) groups is 1. The Bertz CT molecular complexity index is 762. The van der Waals surface area contributed by atoms with E-state index in [0.29, 0.717) is 6.04 Å². The maximum absolute atomic E-state index is 10.9. The number of aromatic hydroxyl groups is 1. The molecule has 0 aromatic heterocycles. The molecule has 1 N–H and O–H groups in total. The van der Waals surface area contributed by atoms with Crippen LogP contribution in [0.4, 0.5) is 0 Å². The Balaban J connectivity index is 0.000000817. The number of methoxy groups -OCH3 is 1. The van der Waals surface area contributed by atoms with Gasteiger partial charge in [0.25, 0.3) is 0 Å². The minimum absolute atomic E-state index is 0.285. The first-order valence-electron chi connectivity index (χ1n) is 8.90. The molecule has 6 heteroatoms. The predicted octanol–water partition coefficient (Wildman–Crippen LogP) is 6.07. The zero-order valence-electron chi connectivity index (χ0n) is 15.9. The molecule has 27 heavy (non-hydrogen) atoms. The molecule has 144 valence electrons. The fourth-order valence-electron chi connectivity index (χ4n) is 3.05. The van der Waals surface area contributed by atoms with Crippen LogP contribution < -0.4 is 4.74 Å². The van der Waals surface area contributed by atoms with Crippen molar-refractivity contribution >= 4 is 23.2 Å². The Labute approximate surface area is 180 Å².